The van der Waals surface area contributed by atoms with E-state index in [1.54, 1.807) is 5.56 Å². The third-order valence-electron chi connectivity index (χ3n) is 10.1. The average molecular weight is 461 g/mol. The third-order valence-corrected chi connectivity index (χ3v) is 10.1. The molecule has 34 heavy (non-hydrogen) atoms. The Hall–Kier alpha value is -1.30. The van der Waals surface area contributed by atoms with Crippen molar-refractivity contribution in [2.75, 3.05) is 0 Å². The van der Waals surface area contributed by atoms with Gasteiger partial charge in [0.2, 0.25) is 0 Å². The summed E-state index contributed by atoms with van der Waals surface area (Å²) in [6.45, 7) is 4.65. The highest BCUT2D eigenvalue weighted by atomic mass is 14.5. The van der Waals surface area contributed by atoms with Crippen LogP contribution in [-0.2, 0) is 5.41 Å². The Morgan fingerprint density at radius 3 is 2.03 bits per heavy atom. The van der Waals surface area contributed by atoms with Crippen molar-refractivity contribution in [3.8, 4) is 0 Å². The Kier molecular flexibility index (Phi) is 9.55. The Morgan fingerprint density at radius 2 is 1.38 bits per heavy atom. The highest BCUT2D eigenvalue weighted by Gasteiger charge is 2.48. The van der Waals surface area contributed by atoms with Gasteiger partial charge in [-0.1, -0.05) is 107 Å². The lowest BCUT2D eigenvalue weighted by Gasteiger charge is -2.54. The Balaban J connectivity index is 1.22. The van der Waals surface area contributed by atoms with Crippen molar-refractivity contribution in [1.29, 1.82) is 0 Å². The number of allylic oxidation sites excluding steroid dienone is 3. The maximum atomic E-state index is 2.48. The molecule has 0 atom stereocenters. The molecule has 0 unspecified atom stereocenters. The van der Waals surface area contributed by atoms with E-state index >= 15 is 0 Å². The van der Waals surface area contributed by atoms with E-state index in [4.69, 9.17) is 0 Å². The van der Waals surface area contributed by atoms with Gasteiger partial charge in [-0.25, -0.2) is 0 Å². The first-order chi connectivity index (χ1) is 16.7. The molecule has 5 rings (SSSR count). The molecule has 4 fully saturated rings. The number of hydrogen-bond acceptors (Lipinski definition) is 0. The van der Waals surface area contributed by atoms with Gasteiger partial charge in [0.05, 0.1) is 0 Å². The van der Waals surface area contributed by atoms with Crippen molar-refractivity contribution in [2.24, 2.45) is 17.3 Å². The van der Waals surface area contributed by atoms with Crippen molar-refractivity contribution >= 4 is 6.08 Å². The summed E-state index contributed by atoms with van der Waals surface area (Å²) >= 11 is 0. The molecule has 0 amide bonds. The number of unbranched alkanes of at least 4 members (excludes halogenated alkanes) is 4. The van der Waals surface area contributed by atoms with Crippen LogP contribution < -0.4 is 0 Å². The molecule has 0 heterocycles. The summed E-state index contributed by atoms with van der Waals surface area (Å²) in [5, 5.41) is 0. The van der Waals surface area contributed by atoms with Gasteiger partial charge in [0, 0.05) is 0 Å². The van der Waals surface area contributed by atoms with E-state index in [2.05, 4.69) is 62.4 Å². The molecule has 0 heteroatoms. The van der Waals surface area contributed by atoms with Crippen molar-refractivity contribution in [3.05, 3.63) is 53.6 Å². The minimum absolute atomic E-state index is 0.490. The lowest BCUT2D eigenvalue weighted by molar-refractivity contribution is 0.0305. The number of hydrogen-bond donors (Lipinski definition) is 0. The highest BCUT2D eigenvalue weighted by molar-refractivity contribution is 5.52. The first kappa shape index (κ1) is 25.8. The summed E-state index contributed by atoms with van der Waals surface area (Å²) in [4.78, 5) is 0. The molecular weight excluding hydrogens is 408 g/mol. The van der Waals surface area contributed by atoms with Gasteiger partial charge < -0.3 is 0 Å². The molecule has 0 aliphatic heterocycles. The maximum Gasteiger partial charge on any atom is -0.00463 e. The van der Waals surface area contributed by atoms with Crippen LogP contribution in [-0.4, -0.2) is 0 Å². The fourth-order valence-electron chi connectivity index (χ4n) is 7.51. The maximum absolute atomic E-state index is 2.48. The SMILES string of the molecule is CCCCCC1CCC(C=CC=Cc2ccc(C34CCC(CCCCC)(CC3)CC4)cc2)CC1. The summed E-state index contributed by atoms with van der Waals surface area (Å²) in [5.41, 5.74) is 4.17. The second-order valence-corrected chi connectivity index (χ2v) is 12.4. The van der Waals surface area contributed by atoms with Gasteiger partial charge in [-0.15, -0.1) is 0 Å². The Labute approximate surface area is 211 Å². The topological polar surface area (TPSA) is 0 Å². The zero-order valence-corrected chi connectivity index (χ0v) is 22.5. The van der Waals surface area contributed by atoms with Crippen LogP contribution in [0, 0.1) is 17.3 Å². The van der Waals surface area contributed by atoms with Crippen LogP contribution in [0.4, 0.5) is 0 Å². The van der Waals surface area contributed by atoms with Crippen molar-refractivity contribution < 1.29 is 0 Å². The van der Waals surface area contributed by atoms with Gasteiger partial charge in [0.25, 0.3) is 0 Å². The van der Waals surface area contributed by atoms with E-state index in [0.29, 0.717) is 10.8 Å². The van der Waals surface area contributed by atoms with E-state index in [9.17, 15) is 0 Å². The fourth-order valence-corrected chi connectivity index (χ4v) is 7.51. The van der Waals surface area contributed by atoms with E-state index in [1.165, 1.54) is 121 Å². The van der Waals surface area contributed by atoms with Crippen LogP contribution in [0.15, 0.2) is 42.5 Å². The molecule has 0 radical (unpaired) electrons. The molecule has 4 aliphatic carbocycles. The summed E-state index contributed by atoms with van der Waals surface area (Å²) in [7, 11) is 0. The molecule has 4 saturated carbocycles. The average Bonchev–Trinajstić information content (AvgIpc) is 2.89. The minimum atomic E-state index is 0.490. The first-order valence-corrected chi connectivity index (χ1v) is 15.1. The number of fused-ring (bicyclic) bond motifs is 3. The predicted octanol–water partition coefficient (Wildman–Crippen LogP) is 10.8. The van der Waals surface area contributed by atoms with E-state index in [-0.39, 0.29) is 0 Å². The second-order valence-electron chi connectivity index (χ2n) is 12.4. The molecule has 4 aliphatic rings. The van der Waals surface area contributed by atoms with Crippen LogP contribution in [0.1, 0.15) is 141 Å². The van der Waals surface area contributed by atoms with Crippen molar-refractivity contribution in [2.45, 2.75) is 135 Å². The Bertz CT molecular complexity index is 746. The van der Waals surface area contributed by atoms with Crippen molar-refractivity contribution in [1.82, 2.24) is 0 Å². The van der Waals surface area contributed by atoms with Crippen LogP contribution in [0.5, 0.6) is 0 Å². The zero-order valence-electron chi connectivity index (χ0n) is 22.5. The molecule has 188 valence electrons. The quantitative estimate of drug-likeness (QED) is 0.215. The van der Waals surface area contributed by atoms with Crippen LogP contribution in [0.3, 0.4) is 0 Å². The van der Waals surface area contributed by atoms with Crippen LogP contribution >= 0.6 is 0 Å². The van der Waals surface area contributed by atoms with Crippen LogP contribution in [0.25, 0.3) is 6.08 Å². The smallest absolute Gasteiger partial charge is 0.00463 e. The summed E-state index contributed by atoms with van der Waals surface area (Å²) in [5.74, 6) is 1.82. The molecule has 2 bridgehead atoms. The summed E-state index contributed by atoms with van der Waals surface area (Å²) < 4.78 is 0. The van der Waals surface area contributed by atoms with Crippen molar-refractivity contribution in [3.63, 3.8) is 0 Å². The number of rotatable bonds is 12. The largest absolute Gasteiger partial charge is 0.0814 e. The van der Waals surface area contributed by atoms with Gasteiger partial charge in [-0.05, 0) is 104 Å². The molecule has 0 saturated heterocycles. The summed E-state index contributed by atoms with van der Waals surface area (Å²) in [6, 6.07) is 9.65. The minimum Gasteiger partial charge on any atom is -0.0814 e. The van der Waals surface area contributed by atoms with Gasteiger partial charge in [0.1, 0.15) is 0 Å². The van der Waals surface area contributed by atoms with Crippen LogP contribution in [0.2, 0.25) is 0 Å². The molecule has 1 aromatic rings. The van der Waals surface area contributed by atoms with Gasteiger partial charge >= 0.3 is 0 Å². The lowest BCUT2D eigenvalue weighted by Crippen LogP contribution is -2.44. The molecular formula is C34H52. The summed E-state index contributed by atoms with van der Waals surface area (Å²) in [6.07, 6.45) is 35.2. The molecule has 0 spiro atoms. The van der Waals surface area contributed by atoms with E-state index < -0.39 is 0 Å². The Morgan fingerprint density at radius 1 is 0.735 bits per heavy atom. The van der Waals surface area contributed by atoms with E-state index in [0.717, 1.165) is 11.8 Å². The predicted molar refractivity (Wildman–Crippen MR) is 150 cm³/mol. The first-order valence-electron chi connectivity index (χ1n) is 15.1. The van der Waals surface area contributed by atoms with Gasteiger partial charge in [0.15, 0.2) is 0 Å². The zero-order chi connectivity index (χ0) is 23.7. The fraction of sp³-hybridized carbons (Fsp3) is 0.706. The molecule has 0 nitrogen and oxygen atoms in total. The van der Waals surface area contributed by atoms with E-state index in [1.807, 2.05) is 0 Å². The monoisotopic (exact) mass is 460 g/mol. The second kappa shape index (κ2) is 12.6. The highest BCUT2D eigenvalue weighted by Crippen LogP contribution is 2.59. The molecule has 0 aromatic heterocycles. The molecule has 1 aromatic carbocycles. The van der Waals surface area contributed by atoms with Gasteiger partial charge in [-0.3, -0.25) is 0 Å². The van der Waals surface area contributed by atoms with Gasteiger partial charge in [-0.2, -0.15) is 0 Å². The lowest BCUT2D eigenvalue weighted by atomic mass is 9.51. The third kappa shape index (κ3) is 6.67. The normalized spacial score (nSPS) is 31.6. The molecule has 0 N–H and O–H groups in total. The standard InChI is InChI=1S/C34H52/c1-3-5-7-11-29-14-16-30(17-15-29)12-8-9-13-31-18-20-32(21-19-31)34-26-23-33(24-27-34,25-28-34)22-10-6-4-2/h8-9,12-13,18-21,29-30H,3-7,10-11,14-17,22-28H2,1-2H3. The number of benzene rings is 1.